The summed E-state index contributed by atoms with van der Waals surface area (Å²) in [7, 11) is 0. The predicted molar refractivity (Wildman–Crippen MR) is 97.3 cm³/mol. The average Bonchev–Trinajstić information content (AvgIpc) is 2.87. The Balaban J connectivity index is 1.78. The van der Waals surface area contributed by atoms with Gasteiger partial charge in [-0.3, -0.25) is 4.79 Å². The fourth-order valence-corrected chi connectivity index (χ4v) is 4.43. The van der Waals surface area contributed by atoms with E-state index in [2.05, 4.69) is 15.3 Å². The molecule has 9 heteroatoms. The van der Waals surface area contributed by atoms with E-state index in [1.165, 1.54) is 11.8 Å². The van der Waals surface area contributed by atoms with Crippen LogP contribution in [0.1, 0.15) is 16.3 Å². The topological polar surface area (TPSA) is 54.9 Å². The fraction of sp³-hybridized carbons (Fsp3) is 0.235. The van der Waals surface area contributed by atoms with Crippen LogP contribution in [0.3, 0.4) is 0 Å². The number of nitrogens with one attached hydrogen (secondary N) is 1. The highest BCUT2D eigenvalue weighted by atomic mass is 32.2. The molecule has 3 aromatic rings. The van der Waals surface area contributed by atoms with Crippen molar-refractivity contribution in [3.05, 3.63) is 45.8 Å². The van der Waals surface area contributed by atoms with Crippen LogP contribution in [0.25, 0.3) is 10.2 Å². The molecule has 0 unspecified atom stereocenters. The SMILES string of the molecule is Cc1nc(SCC(=O)Nc2ccc(F)c(F)c2F)c2c(C)c(C)sc2n1. The maximum atomic E-state index is 13.6. The number of thiophene rings is 1. The van der Waals surface area contributed by atoms with Gasteiger partial charge in [-0.2, -0.15) is 0 Å². The second-order valence-electron chi connectivity index (χ2n) is 5.60. The van der Waals surface area contributed by atoms with E-state index in [1.807, 2.05) is 13.8 Å². The van der Waals surface area contributed by atoms with E-state index in [0.29, 0.717) is 10.9 Å². The first-order chi connectivity index (χ1) is 12.3. The standard InChI is InChI=1S/C17H14F3N3OS2/c1-7-8(2)26-17-13(7)16(21-9(3)22-17)25-6-12(24)23-11-5-4-10(18)14(19)15(11)20/h4-5H,6H2,1-3H3,(H,23,24). The Kier molecular flexibility index (Phi) is 5.19. The Morgan fingerprint density at radius 1 is 1.15 bits per heavy atom. The number of aryl methyl sites for hydroxylation is 3. The van der Waals surface area contributed by atoms with E-state index in [-0.39, 0.29) is 5.75 Å². The van der Waals surface area contributed by atoms with Crippen LogP contribution in [0.5, 0.6) is 0 Å². The quantitative estimate of drug-likeness (QED) is 0.392. The van der Waals surface area contributed by atoms with Gasteiger partial charge in [-0.05, 0) is 38.5 Å². The van der Waals surface area contributed by atoms with Crippen LogP contribution in [0, 0.1) is 38.2 Å². The minimum Gasteiger partial charge on any atom is -0.323 e. The van der Waals surface area contributed by atoms with Crippen LogP contribution in [-0.2, 0) is 4.79 Å². The van der Waals surface area contributed by atoms with E-state index >= 15 is 0 Å². The van der Waals surface area contributed by atoms with Gasteiger partial charge in [0.15, 0.2) is 17.5 Å². The van der Waals surface area contributed by atoms with Gasteiger partial charge in [-0.25, -0.2) is 23.1 Å². The van der Waals surface area contributed by atoms with Crippen LogP contribution in [0.15, 0.2) is 17.2 Å². The molecule has 0 aliphatic carbocycles. The number of nitrogens with zero attached hydrogens (tertiary/aromatic N) is 2. The lowest BCUT2D eigenvalue weighted by molar-refractivity contribution is -0.113. The number of benzene rings is 1. The summed E-state index contributed by atoms with van der Waals surface area (Å²) in [6.07, 6.45) is 0. The molecule has 0 fully saturated rings. The Morgan fingerprint density at radius 3 is 2.62 bits per heavy atom. The molecule has 0 bridgehead atoms. The molecule has 26 heavy (non-hydrogen) atoms. The summed E-state index contributed by atoms with van der Waals surface area (Å²) >= 11 is 2.74. The Hall–Kier alpha value is -2.13. The number of halogens is 3. The average molecular weight is 397 g/mol. The molecule has 1 N–H and O–H groups in total. The van der Waals surface area contributed by atoms with Gasteiger partial charge in [0.1, 0.15) is 15.7 Å². The van der Waals surface area contributed by atoms with Gasteiger partial charge in [0.25, 0.3) is 0 Å². The number of fused-ring (bicyclic) bond motifs is 1. The molecule has 0 saturated carbocycles. The van der Waals surface area contributed by atoms with E-state index in [4.69, 9.17) is 0 Å². The molecule has 0 spiro atoms. The molecule has 0 saturated heterocycles. The summed E-state index contributed by atoms with van der Waals surface area (Å²) in [5.74, 6) is -4.36. The van der Waals surface area contributed by atoms with Gasteiger partial charge < -0.3 is 5.32 Å². The zero-order chi connectivity index (χ0) is 19.0. The molecule has 0 aliphatic rings. The number of hydrogen-bond donors (Lipinski definition) is 1. The number of aromatic nitrogens is 2. The number of carbonyl (C=O) groups is 1. The van der Waals surface area contributed by atoms with Crippen molar-refractivity contribution in [1.82, 2.24) is 9.97 Å². The van der Waals surface area contributed by atoms with Crippen molar-refractivity contribution in [3.8, 4) is 0 Å². The highest BCUT2D eigenvalue weighted by Crippen LogP contribution is 2.35. The zero-order valence-electron chi connectivity index (χ0n) is 14.1. The minimum atomic E-state index is -1.62. The Morgan fingerprint density at radius 2 is 1.88 bits per heavy atom. The molecule has 136 valence electrons. The molecule has 0 atom stereocenters. The summed E-state index contributed by atoms with van der Waals surface area (Å²) in [5, 5.41) is 3.81. The molecular weight excluding hydrogens is 383 g/mol. The number of rotatable bonds is 4. The van der Waals surface area contributed by atoms with Gasteiger partial charge in [0.2, 0.25) is 5.91 Å². The van der Waals surface area contributed by atoms with E-state index in [0.717, 1.165) is 32.8 Å². The first-order valence-corrected chi connectivity index (χ1v) is 9.38. The van der Waals surface area contributed by atoms with Crippen LogP contribution in [-0.4, -0.2) is 21.6 Å². The first kappa shape index (κ1) is 18.7. The molecule has 2 aromatic heterocycles. The van der Waals surface area contributed by atoms with E-state index in [1.54, 1.807) is 18.3 Å². The van der Waals surface area contributed by atoms with Crippen molar-refractivity contribution in [2.24, 2.45) is 0 Å². The highest BCUT2D eigenvalue weighted by molar-refractivity contribution is 8.00. The summed E-state index contributed by atoms with van der Waals surface area (Å²) in [6.45, 7) is 5.72. The van der Waals surface area contributed by atoms with Crippen molar-refractivity contribution in [2.45, 2.75) is 25.8 Å². The van der Waals surface area contributed by atoms with Crippen molar-refractivity contribution in [2.75, 3.05) is 11.1 Å². The molecule has 3 rings (SSSR count). The van der Waals surface area contributed by atoms with Crippen LogP contribution >= 0.6 is 23.1 Å². The maximum Gasteiger partial charge on any atom is 0.234 e. The lowest BCUT2D eigenvalue weighted by Crippen LogP contribution is -2.16. The van der Waals surface area contributed by atoms with E-state index in [9.17, 15) is 18.0 Å². The largest absolute Gasteiger partial charge is 0.323 e. The van der Waals surface area contributed by atoms with E-state index < -0.39 is 29.0 Å². The Labute approximate surface area is 155 Å². The van der Waals surface area contributed by atoms with Crippen LogP contribution < -0.4 is 5.32 Å². The molecular formula is C17H14F3N3OS2. The number of carbonyl (C=O) groups excluding carboxylic acids is 1. The summed E-state index contributed by atoms with van der Waals surface area (Å²) in [5.41, 5.74) is 0.653. The number of thioether (sulfide) groups is 1. The molecule has 1 aromatic carbocycles. The maximum absolute atomic E-state index is 13.6. The fourth-order valence-electron chi connectivity index (χ4n) is 2.36. The molecule has 0 radical (unpaired) electrons. The van der Waals surface area contributed by atoms with Crippen molar-refractivity contribution >= 4 is 44.9 Å². The predicted octanol–water partition coefficient (Wildman–Crippen LogP) is 4.76. The number of anilines is 1. The van der Waals surface area contributed by atoms with Gasteiger partial charge in [-0.1, -0.05) is 11.8 Å². The molecule has 4 nitrogen and oxygen atoms in total. The summed E-state index contributed by atoms with van der Waals surface area (Å²) < 4.78 is 39.8. The van der Waals surface area contributed by atoms with Crippen molar-refractivity contribution in [1.29, 1.82) is 0 Å². The van der Waals surface area contributed by atoms with Crippen LogP contribution in [0.2, 0.25) is 0 Å². The second-order valence-corrected chi connectivity index (χ2v) is 7.77. The third-order valence-corrected chi connectivity index (χ3v) is 5.83. The molecule has 0 aliphatic heterocycles. The summed E-state index contributed by atoms with van der Waals surface area (Å²) in [6, 6.07) is 1.74. The Bertz CT molecular complexity index is 1020. The monoisotopic (exact) mass is 397 g/mol. The number of amides is 1. The normalized spacial score (nSPS) is 11.2. The van der Waals surface area contributed by atoms with Crippen molar-refractivity contribution in [3.63, 3.8) is 0 Å². The summed E-state index contributed by atoms with van der Waals surface area (Å²) in [4.78, 5) is 22.9. The number of hydrogen-bond acceptors (Lipinski definition) is 5. The third kappa shape index (κ3) is 3.54. The third-order valence-electron chi connectivity index (χ3n) is 3.76. The smallest absolute Gasteiger partial charge is 0.234 e. The first-order valence-electron chi connectivity index (χ1n) is 7.58. The zero-order valence-corrected chi connectivity index (χ0v) is 15.7. The van der Waals surface area contributed by atoms with Gasteiger partial charge in [0.05, 0.1) is 11.4 Å². The van der Waals surface area contributed by atoms with Crippen LogP contribution in [0.4, 0.5) is 18.9 Å². The van der Waals surface area contributed by atoms with Gasteiger partial charge >= 0.3 is 0 Å². The second kappa shape index (κ2) is 7.24. The lowest BCUT2D eigenvalue weighted by atomic mass is 10.2. The highest BCUT2D eigenvalue weighted by Gasteiger charge is 2.17. The molecule has 2 heterocycles. The minimum absolute atomic E-state index is 0.0572. The lowest BCUT2D eigenvalue weighted by Gasteiger charge is -2.08. The van der Waals surface area contributed by atoms with Gasteiger partial charge in [0, 0.05) is 10.3 Å². The van der Waals surface area contributed by atoms with Crippen molar-refractivity contribution < 1.29 is 18.0 Å². The van der Waals surface area contributed by atoms with Gasteiger partial charge in [-0.15, -0.1) is 11.3 Å². The molecule has 1 amide bonds.